The van der Waals surface area contributed by atoms with Crippen LogP contribution in [0.1, 0.15) is 37.7 Å². The van der Waals surface area contributed by atoms with Gasteiger partial charge in [-0.05, 0) is 32.1 Å². The number of ether oxygens (including phenoxy) is 1. The summed E-state index contributed by atoms with van der Waals surface area (Å²) in [6.07, 6.45) is 4.00. The van der Waals surface area contributed by atoms with Crippen LogP contribution >= 0.6 is 0 Å². The fourth-order valence-electron chi connectivity index (χ4n) is 4.77. The van der Waals surface area contributed by atoms with Crippen molar-refractivity contribution in [2.75, 3.05) is 32.8 Å². The molecule has 0 radical (unpaired) electrons. The van der Waals surface area contributed by atoms with Crippen molar-refractivity contribution in [1.29, 1.82) is 0 Å². The Balaban J connectivity index is 1.45. The van der Waals surface area contributed by atoms with E-state index in [0.717, 1.165) is 38.3 Å². The monoisotopic (exact) mass is 390 g/mol. The minimum Gasteiger partial charge on any atom is -0.381 e. The van der Waals surface area contributed by atoms with Crippen LogP contribution in [0.15, 0.2) is 15.7 Å². The summed E-state index contributed by atoms with van der Waals surface area (Å²) in [6, 6.07) is 1.39. The van der Waals surface area contributed by atoms with Crippen molar-refractivity contribution in [3.05, 3.63) is 32.3 Å². The van der Waals surface area contributed by atoms with Gasteiger partial charge in [0.1, 0.15) is 0 Å². The maximum absolute atomic E-state index is 13.3. The summed E-state index contributed by atoms with van der Waals surface area (Å²) in [5.74, 6) is -0.0566. The zero-order chi connectivity index (χ0) is 19.7. The standard InChI is InChI=1S/C19H26N4O5/c24-15-10-13(17(26)21-20-15)11-16(25)22-7-5-19(12-22)4-1-6-23(18(19)27)14-2-8-28-9-3-14/h10,14H,1-9,11-12H2,(H,20,24)(H,21,26). The molecule has 2 amide bonds. The van der Waals surface area contributed by atoms with E-state index in [4.69, 9.17) is 4.74 Å². The van der Waals surface area contributed by atoms with Crippen LogP contribution in [0.3, 0.4) is 0 Å². The first-order valence-electron chi connectivity index (χ1n) is 9.96. The second kappa shape index (κ2) is 7.54. The summed E-state index contributed by atoms with van der Waals surface area (Å²) in [6.45, 7) is 3.06. The van der Waals surface area contributed by atoms with Crippen molar-refractivity contribution in [3.63, 3.8) is 0 Å². The van der Waals surface area contributed by atoms with E-state index < -0.39 is 16.5 Å². The van der Waals surface area contributed by atoms with E-state index in [1.165, 1.54) is 0 Å². The minimum atomic E-state index is -0.507. The Morgan fingerprint density at radius 1 is 1.14 bits per heavy atom. The third-order valence-corrected chi connectivity index (χ3v) is 6.34. The van der Waals surface area contributed by atoms with Crippen molar-refractivity contribution >= 4 is 11.8 Å². The zero-order valence-corrected chi connectivity index (χ0v) is 15.9. The van der Waals surface area contributed by atoms with Crippen LogP contribution in [0.4, 0.5) is 0 Å². The second-order valence-corrected chi connectivity index (χ2v) is 8.08. The minimum absolute atomic E-state index is 0.132. The molecule has 3 fully saturated rings. The maximum Gasteiger partial charge on any atom is 0.266 e. The van der Waals surface area contributed by atoms with E-state index in [9.17, 15) is 19.2 Å². The SMILES string of the molecule is O=C(Cc1cc(=O)[nH][nH]c1=O)N1CCC2(CCCN(C3CCOCC3)C2=O)C1. The van der Waals surface area contributed by atoms with Gasteiger partial charge in [-0.25, -0.2) is 0 Å². The Kier molecular flexibility index (Phi) is 5.09. The number of carbonyl (C=O) groups is 2. The molecule has 0 aromatic carbocycles. The van der Waals surface area contributed by atoms with Gasteiger partial charge in [-0.3, -0.25) is 29.4 Å². The number of hydrogen-bond acceptors (Lipinski definition) is 5. The molecule has 1 atom stereocenters. The Hall–Kier alpha value is -2.42. The molecule has 9 nitrogen and oxygen atoms in total. The number of carbonyl (C=O) groups excluding carboxylic acids is 2. The van der Waals surface area contributed by atoms with E-state index in [1.54, 1.807) is 4.90 Å². The fraction of sp³-hybridized carbons (Fsp3) is 0.684. The molecule has 0 saturated carbocycles. The number of nitrogens with zero attached hydrogens (tertiary/aromatic N) is 2. The molecule has 28 heavy (non-hydrogen) atoms. The molecule has 3 aliphatic heterocycles. The van der Waals surface area contributed by atoms with Gasteiger partial charge in [-0.15, -0.1) is 0 Å². The molecule has 1 aromatic heterocycles. The first-order chi connectivity index (χ1) is 13.5. The molecular formula is C19H26N4O5. The highest BCUT2D eigenvalue weighted by Gasteiger charge is 2.50. The highest BCUT2D eigenvalue weighted by atomic mass is 16.5. The van der Waals surface area contributed by atoms with Gasteiger partial charge in [-0.2, -0.15) is 0 Å². The van der Waals surface area contributed by atoms with Gasteiger partial charge in [0.25, 0.3) is 11.1 Å². The van der Waals surface area contributed by atoms with E-state index in [0.29, 0.717) is 32.7 Å². The van der Waals surface area contributed by atoms with Gasteiger partial charge >= 0.3 is 0 Å². The smallest absolute Gasteiger partial charge is 0.266 e. The maximum atomic E-state index is 13.3. The van der Waals surface area contributed by atoms with Crippen LogP contribution in [0.25, 0.3) is 0 Å². The first kappa shape index (κ1) is 18.9. The lowest BCUT2D eigenvalue weighted by Crippen LogP contribution is -2.55. The van der Waals surface area contributed by atoms with Crippen LogP contribution in [0.5, 0.6) is 0 Å². The van der Waals surface area contributed by atoms with Gasteiger partial charge in [0, 0.05) is 50.5 Å². The predicted octanol–water partition coefficient (Wildman–Crippen LogP) is -0.374. The molecule has 0 bridgehead atoms. The van der Waals surface area contributed by atoms with E-state index in [-0.39, 0.29) is 29.8 Å². The van der Waals surface area contributed by atoms with Crippen LogP contribution in [0, 0.1) is 5.41 Å². The summed E-state index contributed by atoms with van der Waals surface area (Å²) in [7, 11) is 0. The van der Waals surface area contributed by atoms with Crippen LogP contribution in [-0.4, -0.2) is 70.7 Å². The fourth-order valence-corrected chi connectivity index (χ4v) is 4.77. The molecule has 1 unspecified atom stereocenters. The largest absolute Gasteiger partial charge is 0.381 e. The third-order valence-electron chi connectivity index (χ3n) is 6.34. The number of aromatic amines is 2. The first-order valence-corrected chi connectivity index (χ1v) is 9.96. The molecule has 4 rings (SSSR count). The molecule has 1 aromatic rings. The predicted molar refractivity (Wildman–Crippen MR) is 99.8 cm³/mol. The van der Waals surface area contributed by atoms with Crippen LogP contribution in [-0.2, 0) is 20.7 Å². The summed E-state index contributed by atoms with van der Waals surface area (Å²) in [5.41, 5.74) is -1.28. The quantitative estimate of drug-likeness (QED) is 0.730. The lowest BCUT2D eigenvalue weighted by atomic mass is 9.77. The summed E-state index contributed by atoms with van der Waals surface area (Å²) in [5, 5.41) is 4.43. The summed E-state index contributed by atoms with van der Waals surface area (Å²) < 4.78 is 5.42. The third kappa shape index (κ3) is 3.50. The van der Waals surface area contributed by atoms with E-state index in [2.05, 4.69) is 10.2 Å². The number of likely N-dealkylation sites (tertiary alicyclic amines) is 2. The Morgan fingerprint density at radius 2 is 1.93 bits per heavy atom. The molecule has 9 heteroatoms. The number of H-pyrrole nitrogens is 2. The van der Waals surface area contributed by atoms with Gasteiger partial charge in [0.2, 0.25) is 11.8 Å². The van der Waals surface area contributed by atoms with Crippen LogP contribution < -0.4 is 11.1 Å². The second-order valence-electron chi connectivity index (χ2n) is 8.08. The number of rotatable bonds is 3. The molecule has 152 valence electrons. The number of piperidine rings is 1. The van der Waals surface area contributed by atoms with Gasteiger partial charge < -0.3 is 14.5 Å². The summed E-state index contributed by atoms with van der Waals surface area (Å²) >= 11 is 0. The average molecular weight is 390 g/mol. The van der Waals surface area contributed by atoms with Gasteiger partial charge in [-0.1, -0.05) is 0 Å². The summed E-state index contributed by atoms with van der Waals surface area (Å²) in [4.78, 5) is 52.9. The average Bonchev–Trinajstić information content (AvgIpc) is 3.13. The van der Waals surface area contributed by atoms with E-state index >= 15 is 0 Å². The number of nitrogens with one attached hydrogen (secondary N) is 2. The highest BCUT2D eigenvalue weighted by Crippen LogP contribution is 2.41. The molecule has 2 N–H and O–H groups in total. The lowest BCUT2D eigenvalue weighted by molar-refractivity contribution is -0.150. The molecule has 3 aliphatic rings. The number of hydrogen-bond donors (Lipinski definition) is 2. The van der Waals surface area contributed by atoms with Crippen molar-refractivity contribution in [2.24, 2.45) is 5.41 Å². The van der Waals surface area contributed by atoms with E-state index in [1.807, 2.05) is 4.90 Å². The lowest BCUT2D eigenvalue weighted by Gasteiger charge is -2.44. The number of aromatic nitrogens is 2. The number of amides is 2. The van der Waals surface area contributed by atoms with Crippen molar-refractivity contribution in [1.82, 2.24) is 20.0 Å². The normalized spacial score (nSPS) is 26.2. The van der Waals surface area contributed by atoms with Gasteiger partial charge in [0.15, 0.2) is 0 Å². The van der Waals surface area contributed by atoms with Gasteiger partial charge in [0.05, 0.1) is 11.8 Å². The highest BCUT2D eigenvalue weighted by molar-refractivity contribution is 5.86. The van der Waals surface area contributed by atoms with Crippen molar-refractivity contribution in [3.8, 4) is 0 Å². The molecular weight excluding hydrogens is 364 g/mol. The van der Waals surface area contributed by atoms with Crippen molar-refractivity contribution in [2.45, 2.75) is 44.6 Å². The molecule has 1 spiro atoms. The Bertz CT molecular complexity index is 872. The molecule has 3 saturated heterocycles. The Morgan fingerprint density at radius 3 is 2.71 bits per heavy atom. The zero-order valence-electron chi connectivity index (χ0n) is 15.9. The Labute approximate surface area is 162 Å². The topological polar surface area (TPSA) is 116 Å². The molecule has 0 aliphatic carbocycles. The molecule has 4 heterocycles. The van der Waals surface area contributed by atoms with Crippen LogP contribution in [0.2, 0.25) is 0 Å². The van der Waals surface area contributed by atoms with Crippen molar-refractivity contribution < 1.29 is 14.3 Å².